The Hall–Kier alpha value is -1.93. The monoisotopic (exact) mass is 408 g/mol. The topological polar surface area (TPSA) is 84.0 Å². The number of carbonyl (C=O) groups excluding carboxylic acids is 2. The van der Waals surface area contributed by atoms with Crippen molar-refractivity contribution in [1.29, 1.82) is 0 Å². The smallest absolute Gasteiger partial charge is 0.308 e. The van der Waals surface area contributed by atoms with Gasteiger partial charge in [0.1, 0.15) is 0 Å². The summed E-state index contributed by atoms with van der Waals surface area (Å²) in [5.41, 5.74) is 0.990. The maximum Gasteiger partial charge on any atom is 0.308 e. The van der Waals surface area contributed by atoms with E-state index in [2.05, 4.69) is 0 Å². The first kappa shape index (κ1) is 20.8. The van der Waals surface area contributed by atoms with E-state index in [1.807, 2.05) is 35.2 Å². The molecule has 3 rings (SSSR count). The van der Waals surface area contributed by atoms with Crippen LogP contribution in [0.4, 0.5) is 0 Å². The summed E-state index contributed by atoms with van der Waals surface area (Å²) < 4.78 is 28.7. The molecule has 2 fully saturated rings. The lowest BCUT2D eigenvalue weighted by Gasteiger charge is -2.34. The number of benzene rings is 1. The second-order valence-corrected chi connectivity index (χ2v) is 9.87. The van der Waals surface area contributed by atoms with Gasteiger partial charge in [-0.05, 0) is 37.9 Å². The molecule has 0 saturated carbocycles. The van der Waals surface area contributed by atoms with E-state index in [0.717, 1.165) is 5.56 Å². The van der Waals surface area contributed by atoms with E-state index in [1.54, 1.807) is 4.90 Å². The van der Waals surface area contributed by atoms with Crippen LogP contribution >= 0.6 is 0 Å². The summed E-state index contributed by atoms with van der Waals surface area (Å²) in [5.74, 6) is -0.163. The first-order chi connectivity index (χ1) is 13.4. The van der Waals surface area contributed by atoms with E-state index in [-0.39, 0.29) is 41.9 Å². The molecular formula is C20H28N2O5S. The van der Waals surface area contributed by atoms with Crippen LogP contribution < -0.4 is 0 Å². The van der Waals surface area contributed by atoms with Gasteiger partial charge in [-0.2, -0.15) is 0 Å². The standard InChI is InChI=1S/C20H28N2O5S/c1-27-20(24)17-7-10-21(11-8-17)14-19(23)22(13-16-5-3-2-4-6-16)18-9-12-28(25,26)15-18/h2-6,17-18H,7-15H2,1H3/t18-/m1/s1. The summed E-state index contributed by atoms with van der Waals surface area (Å²) in [6.07, 6.45) is 1.85. The Morgan fingerprint density at radius 1 is 1.14 bits per heavy atom. The summed E-state index contributed by atoms with van der Waals surface area (Å²) >= 11 is 0. The van der Waals surface area contributed by atoms with Gasteiger partial charge in [0.15, 0.2) is 9.84 Å². The maximum absolute atomic E-state index is 13.1. The number of nitrogens with zero attached hydrogens (tertiary/aromatic N) is 2. The molecule has 8 heteroatoms. The van der Waals surface area contributed by atoms with Gasteiger partial charge in [-0.1, -0.05) is 30.3 Å². The molecule has 0 radical (unpaired) electrons. The fourth-order valence-electron chi connectivity index (χ4n) is 4.00. The van der Waals surface area contributed by atoms with E-state index in [0.29, 0.717) is 38.9 Å². The second kappa shape index (κ2) is 9.05. The molecule has 28 heavy (non-hydrogen) atoms. The van der Waals surface area contributed by atoms with Gasteiger partial charge in [0.2, 0.25) is 5.91 Å². The van der Waals surface area contributed by atoms with Crippen molar-refractivity contribution in [3.05, 3.63) is 35.9 Å². The molecular weight excluding hydrogens is 380 g/mol. The first-order valence-electron chi connectivity index (χ1n) is 9.72. The van der Waals surface area contributed by atoms with E-state index < -0.39 is 9.84 Å². The molecule has 0 N–H and O–H groups in total. The number of ether oxygens (including phenoxy) is 1. The Morgan fingerprint density at radius 2 is 1.82 bits per heavy atom. The van der Waals surface area contributed by atoms with Gasteiger partial charge < -0.3 is 9.64 Å². The minimum Gasteiger partial charge on any atom is -0.469 e. The third-order valence-electron chi connectivity index (χ3n) is 5.65. The molecule has 154 valence electrons. The third kappa shape index (κ3) is 5.32. The molecule has 0 bridgehead atoms. The lowest BCUT2D eigenvalue weighted by molar-refractivity contribution is -0.147. The van der Waals surface area contributed by atoms with Crippen molar-refractivity contribution in [3.63, 3.8) is 0 Å². The predicted molar refractivity (Wildman–Crippen MR) is 105 cm³/mol. The van der Waals surface area contributed by atoms with E-state index >= 15 is 0 Å². The molecule has 0 spiro atoms. The zero-order chi connectivity index (χ0) is 20.1. The van der Waals surface area contributed by atoms with Crippen LogP contribution in [0.5, 0.6) is 0 Å². The minimum absolute atomic E-state index is 0.0377. The van der Waals surface area contributed by atoms with Crippen molar-refractivity contribution in [2.75, 3.05) is 38.2 Å². The number of rotatable bonds is 6. The Morgan fingerprint density at radius 3 is 2.39 bits per heavy atom. The first-order valence-corrected chi connectivity index (χ1v) is 11.5. The number of hydrogen-bond acceptors (Lipinski definition) is 6. The second-order valence-electron chi connectivity index (χ2n) is 7.64. The lowest BCUT2D eigenvalue weighted by atomic mass is 9.97. The highest BCUT2D eigenvalue weighted by Gasteiger charge is 2.35. The van der Waals surface area contributed by atoms with Gasteiger partial charge in [0.25, 0.3) is 0 Å². The van der Waals surface area contributed by atoms with Crippen LogP contribution in [-0.4, -0.2) is 74.4 Å². The Kier molecular flexibility index (Phi) is 6.72. The molecule has 7 nitrogen and oxygen atoms in total. The number of esters is 1. The summed E-state index contributed by atoms with van der Waals surface area (Å²) in [5, 5.41) is 0. The number of piperidine rings is 1. The number of methoxy groups -OCH3 is 1. The number of carbonyl (C=O) groups is 2. The Balaban J connectivity index is 1.64. The highest BCUT2D eigenvalue weighted by molar-refractivity contribution is 7.91. The van der Waals surface area contributed by atoms with Gasteiger partial charge >= 0.3 is 5.97 Å². The van der Waals surface area contributed by atoms with Crippen LogP contribution in [0.2, 0.25) is 0 Å². The van der Waals surface area contributed by atoms with E-state index in [1.165, 1.54) is 7.11 Å². The third-order valence-corrected chi connectivity index (χ3v) is 7.40. The van der Waals surface area contributed by atoms with Gasteiger partial charge in [0.05, 0.1) is 31.1 Å². The number of sulfone groups is 1. The van der Waals surface area contributed by atoms with Crippen LogP contribution in [0, 0.1) is 5.92 Å². The van der Waals surface area contributed by atoms with Crippen LogP contribution in [-0.2, 0) is 30.7 Å². The maximum atomic E-state index is 13.1. The fraction of sp³-hybridized carbons (Fsp3) is 0.600. The SMILES string of the molecule is COC(=O)C1CCN(CC(=O)N(Cc2ccccc2)[C@@H]2CCS(=O)(=O)C2)CC1. The molecule has 1 aromatic rings. The molecule has 1 atom stereocenters. The minimum atomic E-state index is -3.08. The summed E-state index contributed by atoms with van der Waals surface area (Å²) in [4.78, 5) is 28.5. The van der Waals surface area contributed by atoms with Gasteiger partial charge in [-0.15, -0.1) is 0 Å². The van der Waals surface area contributed by atoms with E-state index in [4.69, 9.17) is 4.74 Å². The predicted octanol–water partition coefficient (Wildman–Crippen LogP) is 1.09. The molecule has 2 heterocycles. The van der Waals surface area contributed by atoms with Crippen LogP contribution in [0.1, 0.15) is 24.8 Å². The van der Waals surface area contributed by atoms with Gasteiger partial charge in [-0.25, -0.2) is 8.42 Å². The Bertz CT molecular complexity index is 788. The Labute approximate surface area is 166 Å². The largest absolute Gasteiger partial charge is 0.469 e. The van der Waals surface area contributed by atoms with Gasteiger partial charge in [-0.3, -0.25) is 14.5 Å². The van der Waals surface area contributed by atoms with Crippen molar-refractivity contribution in [3.8, 4) is 0 Å². The molecule has 0 aliphatic carbocycles. The summed E-state index contributed by atoms with van der Waals surface area (Å²) in [7, 11) is -1.68. The fourth-order valence-corrected chi connectivity index (χ4v) is 5.73. The van der Waals surface area contributed by atoms with Crippen LogP contribution in [0.25, 0.3) is 0 Å². The van der Waals surface area contributed by atoms with E-state index in [9.17, 15) is 18.0 Å². The lowest BCUT2D eigenvalue weighted by Crippen LogP contribution is -2.47. The summed E-state index contributed by atoms with van der Waals surface area (Å²) in [6, 6.07) is 9.38. The quantitative estimate of drug-likeness (QED) is 0.655. The normalized spacial score (nSPS) is 22.7. The number of likely N-dealkylation sites (tertiary alicyclic amines) is 1. The molecule has 0 unspecified atom stereocenters. The molecule has 1 aromatic carbocycles. The summed E-state index contributed by atoms with van der Waals surface area (Å²) in [6.45, 7) is 1.98. The van der Waals surface area contributed by atoms with Crippen molar-refractivity contribution in [2.45, 2.75) is 31.8 Å². The highest BCUT2D eigenvalue weighted by atomic mass is 32.2. The van der Waals surface area contributed by atoms with Gasteiger partial charge in [0, 0.05) is 12.6 Å². The number of amides is 1. The molecule has 0 aromatic heterocycles. The van der Waals surface area contributed by atoms with Crippen molar-refractivity contribution in [2.24, 2.45) is 5.92 Å². The zero-order valence-corrected chi connectivity index (χ0v) is 17.1. The van der Waals surface area contributed by atoms with Crippen LogP contribution in [0.3, 0.4) is 0 Å². The van der Waals surface area contributed by atoms with Crippen molar-refractivity contribution < 1.29 is 22.7 Å². The zero-order valence-electron chi connectivity index (χ0n) is 16.2. The van der Waals surface area contributed by atoms with Crippen LogP contribution in [0.15, 0.2) is 30.3 Å². The molecule has 1 amide bonds. The van der Waals surface area contributed by atoms with Crippen molar-refractivity contribution >= 4 is 21.7 Å². The average molecular weight is 409 g/mol. The average Bonchev–Trinajstić information content (AvgIpc) is 3.06. The molecule has 2 aliphatic heterocycles. The molecule has 2 aliphatic rings. The molecule has 2 saturated heterocycles. The number of hydrogen-bond donors (Lipinski definition) is 0. The highest BCUT2D eigenvalue weighted by Crippen LogP contribution is 2.22. The van der Waals surface area contributed by atoms with Crippen molar-refractivity contribution in [1.82, 2.24) is 9.80 Å².